The summed E-state index contributed by atoms with van der Waals surface area (Å²) < 4.78 is 6.84. The molecule has 0 saturated carbocycles. The second kappa shape index (κ2) is 8.02. The molecule has 0 fully saturated rings. The molecule has 1 atom stereocenters. The minimum Gasteiger partial charge on any atom is -0.497 e. The summed E-state index contributed by atoms with van der Waals surface area (Å²) in [4.78, 5) is 25.3. The number of nitrogens with zero attached hydrogens (tertiary/aromatic N) is 2. The van der Waals surface area contributed by atoms with Gasteiger partial charge < -0.3 is 15.4 Å². The molecule has 1 aliphatic heterocycles. The van der Waals surface area contributed by atoms with E-state index in [2.05, 4.69) is 15.7 Å². The van der Waals surface area contributed by atoms with Crippen LogP contribution in [0.1, 0.15) is 30.6 Å². The van der Waals surface area contributed by atoms with Gasteiger partial charge in [-0.3, -0.25) is 9.59 Å². The van der Waals surface area contributed by atoms with Crippen molar-refractivity contribution in [2.24, 2.45) is 0 Å². The highest BCUT2D eigenvalue weighted by Crippen LogP contribution is 2.38. The van der Waals surface area contributed by atoms with Crippen molar-refractivity contribution in [3.8, 4) is 16.9 Å². The number of rotatable bonds is 6. The van der Waals surface area contributed by atoms with Crippen molar-refractivity contribution in [3.05, 3.63) is 59.8 Å². The molecule has 2 N–H and O–H groups in total. The summed E-state index contributed by atoms with van der Waals surface area (Å²) in [5.74, 6) is 0.812. The van der Waals surface area contributed by atoms with Gasteiger partial charge in [-0.25, -0.2) is 4.68 Å². The van der Waals surface area contributed by atoms with E-state index in [4.69, 9.17) is 4.74 Å². The first-order valence-electron chi connectivity index (χ1n) is 9.93. The third-order valence-corrected chi connectivity index (χ3v) is 5.23. The zero-order chi connectivity index (χ0) is 21.3. The highest BCUT2D eigenvalue weighted by atomic mass is 16.5. The molecule has 0 bridgehead atoms. The lowest BCUT2D eigenvalue weighted by Gasteiger charge is -2.11. The van der Waals surface area contributed by atoms with Gasteiger partial charge in [-0.1, -0.05) is 42.8 Å². The average Bonchev–Trinajstić information content (AvgIpc) is 3.24. The van der Waals surface area contributed by atoms with Crippen LogP contribution in [-0.2, 0) is 16.0 Å². The van der Waals surface area contributed by atoms with Crippen LogP contribution in [0.5, 0.6) is 5.75 Å². The molecule has 3 aromatic rings. The smallest absolute Gasteiger partial charge is 0.251 e. The SMILES string of the molecule is CCc1nn2c(c1-c1ccc(C)cc1)NC(=O)C2CC(=O)Nc1cccc(OC)c1. The van der Waals surface area contributed by atoms with Crippen LogP contribution in [0.4, 0.5) is 11.5 Å². The van der Waals surface area contributed by atoms with Gasteiger partial charge in [-0.15, -0.1) is 0 Å². The van der Waals surface area contributed by atoms with E-state index in [9.17, 15) is 9.59 Å². The molecule has 1 unspecified atom stereocenters. The predicted octanol–water partition coefficient (Wildman–Crippen LogP) is 3.95. The molecule has 0 saturated heterocycles. The topological polar surface area (TPSA) is 85.2 Å². The van der Waals surface area contributed by atoms with Crippen molar-refractivity contribution in [3.63, 3.8) is 0 Å². The molecule has 2 amide bonds. The van der Waals surface area contributed by atoms with E-state index in [-0.39, 0.29) is 18.2 Å². The number of ether oxygens (including phenoxy) is 1. The van der Waals surface area contributed by atoms with Crippen molar-refractivity contribution in [2.45, 2.75) is 32.7 Å². The van der Waals surface area contributed by atoms with Crippen LogP contribution in [0, 0.1) is 6.92 Å². The maximum Gasteiger partial charge on any atom is 0.251 e. The predicted molar refractivity (Wildman–Crippen MR) is 116 cm³/mol. The number of carbonyl (C=O) groups excluding carboxylic acids is 2. The van der Waals surface area contributed by atoms with Crippen molar-refractivity contribution in [1.29, 1.82) is 0 Å². The fourth-order valence-electron chi connectivity index (χ4n) is 3.68. The minimum atomic E-state index is -0.685. The third kappa shape index (κ3) is 3.66. The fourth-order valence-corrected chi connectivity index (χ4v) is 3.68. The lowest BCUT2D eigenvalue weighted by Crippen LogP contribution is -2.24. The number of anilines is 2. The first-order valence-corrected chi connectivity index (χ1v) is 9.93. The molecule has 1 aliphatic rings. The van der Waals surface area contributed by atoms with Crippen LogP contribution in [0.15, 0.2) is 48.5 Å². The Labute approximate surface area is 175 Å². The maximum absolute atomic E-state index is 12.6. The van der Waals surface area contributed by atoms with Crippen molar-refractivity contribution in [2.75, 3.05) is 17.7 Å². The van der Waals surface area contributed by atoms with Gasteiger partial charge in [0.15, 0.2) is 0 Å². The molecular formula is C23H24N4O3. The maximum atomic E-state index is 12.6. The number of aryl methyl sites for hydroxylation is 2. The summed E-state index contributed by atoms with van der Waals surface area (Å²) in [7, 11) is 1.57. The normalized spacial score (nSPS) is 14.9. The molecule has 0 spiro atoms. The first kappa shape index (κ1) is 19.7. The Morgan fingerprint density at radius 2 is 2.00 bits per heavy atom. The molecule has 7 heteroatoms. The van der Waals surface area contributed by atoms with Crippen molar-refractivity contribution < 1.29 is 14.3 Å². The highest BCUT2D eigenvalue weighted by molar-refractivity contribution is 6.04. The second-order valence-corrected chi connectivity index (χ2v) is 7.32. The Hall–Kier alpha value is -3.61. The van der Waals surface area contributed by atoms with Gasteiger partial charge in [-0.05, 0) is 31.0 Å². The number of benzene rings is 2. The zero-order valence-corrected chi connectivity index (χ0v) is 17.2. The number of methoxy groups -OCH3 is 1. The van der Waals surface area contributed by atoms with E-state index in [0.717, 1.165) is 28.8 Å². The number of fused-ring (bicyclic) bond motifs is 1. The molecule has 0 radical (unpaired) electrons. The summed E-state index contributed by atoms with van der Waals surface area (Å²) in [6, 6.07) is 14.6. The lowest BCUT2D eigenvalue weighted by atomic mass is 10.0. The summed E-state index contributed by atoms with van der Waals surface area (Å²) in [6.07, 6.45) is 0.718. The monoisotopic (exact) mass is 404 g/mol. The third-order valence-electron chi connectivity index (χ3n) is 5.23. The van der Waals surface area contributed by atoms with Crippen LogP contribution in [0.25, 0.3) is 11.1 Å². The van der Waals surface area contributed by atoms with E-state index < -0.39 is 6.04 Å². The van der Waals surface area contributed by atoms with Crippen LogP contribution < -0.4 is 15.4 Å². The molecule has 0 aliphatic carbocycles. The summed E-state index contributed by atoms with van der Waals surface area (Å²) in [5, 5.41) is 10.4. The van der Waals surface area contributed by atoms with Crippen LogP contribution >= 0.6 is 0 Å². The van der Waals surface area contributed by atoms with Crippen molar-refractivity contribution in [1.82, 2.24) is 9.78 Å². The van der Waals surface area contributed by atoms with Gasteiger partial charge in [-0.2, -0.15) is 5.10 Å². The summed E-state index contributed by atoms with van der Waals surface area (Å²) in [5.41, 5.74) is 4.60. The van der Waals surface area contributed by atoms with Gasteiger partial charge >= 0.3 is 0 Å². The Kier molecular flexibility index (Phi) is 5.27. The molecule has 2 aromatic carbocycles. The lowest BCUT2D eigenvalue weighted by molar-refractivity contribution is -0.123. The highest BCUT2D eigenvalue weighted by Gasteiger charge is 2.36. The Balaban J connectivity index is 1.59. The number of amides is 2. The quantitative estimate of drug-likeness (QED) is 0.651. The molecule has 4 rings (SSSR count). The Morgan fingerprint density at radius 3 is 2.70 bits per heavy atom. The first-order chi connectivity index (χ1) is 14.5. The van der Waals surface area contributed by atoms with Gasteiger partial charge in [0.1, 0.15) is 17.6 Å². The number of aromatic nitrogens is 2. The minimum absolute atomic E-state index is 0.00574. The molecule has 154 valence electrons. The van der Waals surface area contributed by atoms with Gasteiger partial charge in [0.2, 0.25) is 5.91 Å². The van der Waals surface area contributed by atoms with E-state index in [1.54, 1.807) is 36.1 Å². The van der Waals surface area contributed by atoms with Crippen LogP contribution in [0.3, 0.4) is 0 Å². The van der Waals surface area contributed by atoms with E-state index >= 15 is 0 Å². The zero-order valence-electron chi connectivity index (χ0n) is 17.2. The number of carbonyl (C=O) groups is 2. The van der Waals surface area contributed by atoms with Gasteiger partial charge in [0.25, 0.3) is 5.91 Å². The second-order valence-electron chi connectivity index (χ2n) is 7.32. The molecule has 2 heterocycles. The Morgan fingerprint density at radius 1 is 1.23 bits per heavy atom. The number of hydrogen-bond acceptors (Lipinski definition) is 4. The average molecular weight is 404 g/mol. The largest absolute Gasteiger partial charge is 0.497 e. The van der Waals surface area contributed by atoms with E-state index in [1.807, 2.05) is 38.1 Å². The molecular weight excluding hydrogens is 380 g/mol. The standard InChI is InChI=1S/C23H24N4O3/c1-4-18-21(15-10-8-14(2)9-11-15)22-25-23(29)19(27(22)26-18)13-20(28)24-16-6-5-7-17(12-16)30-3/h5-12,19H,4,13H2,1-3H3,(H,24,28)(H,25,29). The molecule has 1 aromatic heterocycles. The molecule has 30 heavy (non-hydrogen) atoms. The van der Waals surface area contributed by atoms with Crippen LogP contribution in [-0.4, -0.2) is 28.7 Å². The van der Waals surface area contributed by atoms with E-state index in [0.29, 0.717) is 17.3 Å². The van der Waals surface area contributed by atoms with E-state index in [1.165, 1.54) is 0 Å². The van der Waals surface area contributed by atoms with Gasteiger partial charge in [0.05, 0.1) is 19.2 Å². The van der Waals surface area contributed by atoms with Crippen molar-refractivity contribution >= 4 is 23.3 Å². The molecule has 7 nitrogen and oxygen atoms in total. The van der Waals surface area contributed by atoms with Crippen LogP contribution in [0.2, 0.25) is 0 Å². The summed E-state index contributed by atoms with van der Waals surface area (Å²) >= 11 is 0. The fraction of sp³-hybridized carbons (Fsp3) is 0.261. The number of hydrogen-bond donors (Lipinski definition) is 2. The Bertz CT molecular complexity index is 1100. The summed E-state index contributed by atoms with van der Waals surface area (Å²) in [6.45, 7) is 4.06. The number of nitrogens with one attached hydrogen (secondary N) is 2. The van der Waals surface area contributed by atoms with Gasteiger partial charge in [0, 0.05) is 17.3 Å².